The number of amides is 1. The van der Waals surface area contributed by atoms with Crippen molar-refractivity contribution in [1.82, 2.24) is 4.90 Å². The van der Waals surface area contributed by atoms with E-state index in [4.69, 9.17) is 0 Å². The summed E-state index contributed by atoms with van der Waals surface area (Å²) in [6.07, 6.45) is 3.47. The van der Waals surface area contributed by atoms with Crippen LogP contribution in [0, 0.1) is 18.6 Å². The average Bonchev–Trinajstić information content (AvgIpc) is 3.31. The molecule has 0 spiro atoms. The van der Waals surface area contributed by atoms with Crippen molar-refractivity contribution in [2.45, 2.75) is 44.7 Å². The number of carbonyl (C=O) groups excluding carboxylic acids is 2. The molecule has 1 saturated heterocycles. The van der Waals surface area contributed by atoms with E-state index >= 15 is 0 Å². The van der Waals surface area contributed by atoms with Crippen LogP contribution < -0.4 is 0 Å². The predicted molar refractivity (Wildman–Crippen MR) is 104 cm³/mol. The third-order valence-electron chi connectivity index (χ3n) is 5.82. The first-order chi connectivity index (χ1) is 13.9. The number of benzene rings is 2. The van der Waals surface area contributed by atoms with Crippen molar-refractivity contribution in [2.24, 2.45) is 0 Å². The van der Waals surface area contributed by atoms with Crippen molar-refractivity contribution in [1.29, 1.82) is 0 Å². The van der Waals surface area contributed by atoms with Crippen molar-refractivity contribution >= 4 is 17.4 Å². The molecule has 1 heterocycles. The minimum Gasteiger partial charge on any atom is -0.507 e. The highest BCUT2D eigenvalue weighted by molar-refractivity contribution is 6.46. The molecule has 2 fully saturated rings. The Labute approximate surface area is 167 Å². The zero-order valence-electron chi connectivity index (χ0n) is 16.0. The monoisotopic (exact) mass is 397 g/mol. The summed E-state index contributed by atoms with van der Waals surface area (Å²) in [4.78, 5) is 27.4. The number of likely N-dealkylation sites (tertiary alicyclic amines) is 1. The van der Waals surface area contributed by atoms with Gasteiger partial charge in [0.15, 0.2) is 0 Å². The van der Waals surface area contributed by atoms with Gasteiger partial charge >= 0.3 is 0 Å². The van der Waals surface area contributed by atoms with Crippen LogP contribution in [0.3, 0.4) is 0 Å². The SMILES string of the molecule is Cc1cc(/C(O)=C2/C(=O)C(=O)N(C3CCCC3)C2c2ccc(F)cc2)ccc1F. The van der Waals surface area contributed by atoms with E-state index in [0.717, 1.165) is 25.7 Å². The maximum absolute atomic E-state index is 13.7. The average molecular weight is 397 g/mol. The summed E-state index contributed by atoms with van der Waals surface area (Å²) >= 11 is 0. The second-order valence-electron chi connectivity index (χ2n) is 7.66. The van der Waals surface area contributed by atoms with Gasteiger partial charge in [-0.1, -0.05) is 25.0 Å². The second-order valence-corrected chi connectivity index (χ2v) is 7.66. The highest BCUT2D eigenvalue weighted by Gasteiger charge is 2.49. The summed E-state index contributed by atoms with van der Waals surface area (Å²) in [6.45, 7) is 1.56. The molecule has 4 nitrogen and oxygen atoms in total. The number of Topliss-reactive ketones (excluding diaryl/α,β-unsaturated/α-hetero) is 1. The number of nitrogens with zero attached hydrogens (tertiary/aromatic N) is 1. The Kier molecular flexibility index (Phi) is 4.94. The molecule has 1 aliphatic carbocycles. The molecule has 0 aromatic heterocycles. The number of aryl methyl sites for hydroxylation is 1. The Morgan fingerprint density at radius 1 is 1.03 bits per heavy atom. The highest BCUT2D eigenvalue weighted by Crippen LogP contribution is 2.43. The van der Waals surface area contributed by atoms with Crippen LogP contribution in [0.2, 0.25) is 0 Å². The number of rotatable bonds is 3. The highest BCUT2D eigenvalue weighted by atomic mass is 19.1. The van der Waals surface area contributed by atoms with Gasteiger partial charge in [-0.25, -0.2) is 8.78 Å². The van der Waals surface area contributed by atoms with Crippen molar-refractivity contribution in [2.75, 3.05) is 0 Å². The van der Waals surface area contributed by atoms with Crippen LogP contribution in [-0.4, -0.2) is 27.7 Å². The Balaban J connectivity index is 1.89. The maximum atomic E-state index is 13.7. The van der Waals surface area contributed by atoms with Crippen LogP contribution in [0.15, 0.2) is 48.0 Å². The van der Waals surface area contributed by atoms with Crippen molar-refractivity contribution in [3.8, 4) is 0 Å². The lowest BCUT2D eigenvalue weighted by atomic mass is 9.94. The molecule has 1 saturated carbocycles. The van der Waals surface area contributed by atoms with E-state index in [-0.39, 0.29) is 22.9 Å². The molecular weight excluding hydrogens is 376 g/mol. The molecule has 2 aliphatic rings. The summed E-state index contributed by atoms with van der Waals surface area (Å²) in [5.41, 5.74) is 1.09. The smallest absolute Gasteiger partial charge is 0.295 e. The molecule has 4 rings (SSSR count). The van der Waals surface area contributed by atoms with Crippen LogP contribution in [0.25, 0.3) is 5.76 Å². The van der Waals surface area contributed by atoms with Gasteiger partial charge in [0.1, 0.15) is 17.4 Å². The van der Waals surface area contributed by atoms with Crippen LogP contribution in [0.5, 0.6) is 0 Å². The molecule has 1 atom stereocenters. The normalized spacial score (nSPS) is 21.9. The molecule has 6 heteroatoms. The lowest BCUT2D eigenvalue weighted by molar-refractivity contribution is -0.141. The number of aliphatic hydroxyl groups is 1. The van der Waals surface area contributed by atoms with Gasteiger partial charge in [0, 0.05) is 11.6 Å². The zero-order chi connectivity index (χ0) is 20.7. The van der Waals surface area contributed by atoms with Crippen molar-refractivity contribution < 1.29 is 23.5 Å². The lowest BCUT2D eigenvalue weighted by Gasteiger charge is -2.30. The van der Waals surface area contributed by atoms with Gasteiger partial charge < -0.3 is 10.0 Å². The van der Waals surface area contributed by atoms with E-state index in [2.05, 4.69) is 0 Å². The van der Waals surface area contributed by atoms with Gasteiger partial charge in [-0.3, -0.25) is 9.59 Å². The Morgan fingerprint density at radius 3 is 2.31 bits per heavy atom. The summed E-state index contributed by atoms with van der Waals surface area (Å²) < 4.78 is 27.1. The van der Waals surface area contributed by atoms with Gasteiger partial charge in [0.05, 0.1) is 11.6 Å². The third-order valence-corrected chi connectivity index (χ3v) is 5.82. The predicted octanol–water partition coefficient (Wildman–Crippen LogP) is 4.64. The van der Waals surface area contributed by atoms with E-state index in [1.54, 1.807) is 6.92 Å². The van der Waals surface area contributed by atoms with Gasteiger partial charge in [0.2, 0.25) is 0 Å². The minimum absolute atomic E-state index is 0.0421. The molecule has 0 radical (unpaired) electrons. The molecule has 0 bridgehead atoms. The lowest BCUT2D eigenvalue weighted by Crippen LogP contribution is -2.37. The Hall–Kier alpha value is -3.02. The summed E-state index contributed by atoms with van der Waals surface area (Å²) in [6, 6.07) is 8.71. The summed E-state index contributed by atoms with van der Waals surface area (Å²) in [5, 5.41) is 11.0. The second kappa shape index (κ2) is 7.43. The quantitative estimate of drug-likeness (QED) is 0.466. The molecule has 1 N–H and O–H groups in total. The van der Waals surface area contributed by atoms with E-state index in [1.165, 1.54) is 47.4 Å². The van der Waals surface area contributed by atoms with Crippen LogP contribution >= 0.6 is 0 Å². The van der Waals surface area contributed by atoms with Crippen LogP contribution in [-0.2, 0) is 9.59 Å². The number of ketones is 1. The van der Waals surface area contributed by atoms with E-state index in [0.29, 0.717) is 11.1 Å². The first-order valence-electron chi connectivity index (χ1n) is 9.70. The van der Waals surface area contributed by atoms with Gasteiger partial charge in [-0.15, -0.1) is 0 Å². The van der Waals surface area contributed by atoms with Crippen molar-refractivity contribution in [3.05, 3.63) is 76.4 Å². The van der Waals surface area contributed by atoms with Crippen LogP contribution in [0.4, 0.5) is 8.78 Å². The molecule has 1 unspecified atom stereocenters. The third kappa shape index (κ3) is 3.33. The standard InChI is InChI=1S/C23H21F2NO3/c1-13-12-15(8-11-18(13)25)21(27)19-20(14-6-9-16(24)10-7-14)26(23(29)22(19)28)17-4-2-3-5-17/h6-12,17,20,27H,2-5H2,1H3/b21-19-. The van der Waals surface area contributed by atoms with E-state index < -0.39 is 29.4 Å². The molecule has 2 aromatic rings. The topological polar surface area (TPSA) is 57.6 Å². The van der Waals surface area contributed by atoms with Gasteiger partial charge in [-0.2, -0.15) is 0 Å². The Morgan fingerprint density at radius 2 is 1.69 bits per heavy atom. The first-order valence-corrected chi connectivity index (χ1v) is 9.70. The maximum Gasteiger partial charge on any atom is 0.295 e. The van der Waals surface area contributed by atoms with E-state index in [9.17, 15) is 23.5 Å². The molecule has 1 amide bonds. The molecule has 150 valence electrons. The Bertz CT molecular complexity index is 1010. The molecule has 1 aliphatic heterocycles. The molecular formula is C23H21F2NO3. The number of hydrogen-bond acceptors (Lipinski definition) is 3. The first kappa shape index (κ1) is 19.3. The molecule has 29 heavy (non-hydrogen) atoms. The fourth-order valence-corrected chi connectivity index (χ4v) is 4.33. The summed E-state index contributed by atoms with van der Waals surface area (Å²) in [5.74, 6) is -2.64. The fraction of sp³-hybridized carbons (Fsp3) is 0.304. The van der Waals surface area contributed by atoms with Crippen LogP contribution in [0.1, 0.15) is 48.4 Å². The van der Waals surface area contributed by atoms with Gasteiger partial charge in [-0.05, 0) is 61.2 Å². The summed E-state index contributed by atoms with van der Waals surface area (Å²) in [7, 11) is 0. The minimum atomic E-state index is -0.802. The largest absolute Gasteiger partial charge is 0.507 e. The number of halogens is 2. The van der Waals surface area contributed by atoms with E-state index in [1.807, 2.05) is 0 Å². The number of hydrogen-bond donors (Lipinski definition) is 1. The van der Waals surface area contributed by atoms with Crippen molar-refractivity contribution in [3.63, 3.8) is 0 Å². The molecule has 2 aromatic carbocycles. The number of aliphatic hydroxyl groups excluding tert-OH is 1. The number of carbonyl (C=O) groups is 2. The zero-order valence-corrected chi connectivity index (χ0v) is 16.0. The fourth-order valence-electron chi connectivity index (χ4n) is 4.33. The van der Waals surface area contributed by atoms with Gasteiger partial charge in [0.25, 0.3) is 11.7 Å².